The Hall–Kier alpha value is -2.90. The normalized spacial score (nSPS) is 12.2. The van der Waals surface area contributed by atoms with Gasteiger partial charge in [0, 0.05) is 11.1 Å². The van der Waals surface area contributed by atoms with Crippen LogP contribution >= 0.6 is 0 Å². The number of rotatable bonds is 2. The van der Waals surface area contributed by atoms with Crippen molar-refractivity contribution in [3.8, 4) is 22.6 Å². The smallest absolute Gasteiger partial charge is 0.228 e. The maximum Gasteiger partial charge on any atom is 0.433 e. The first-order valence-electron chi connectivity index (χ1n) is 7.34. The summed E-state index contributed by atoms with van der Waals surface area (Å²) in [5.74, 6) is -0.157. The van der Waals surface area contributed by atoms with E-state index in [1.807, 2.05) is 0 Å². The summed E-state index contributed by atoms with van der Waals surface area (Å²) in [6.07, 6.45) is -9.25. The van der Waals surface area contributed by atoms with Crippen LogP contribution < -0.4 is 0 Å². The highest BCUT2D eigenvalue weighted by Gasteiger charge is 2.34. The Labute approximate surface area is 144 Å². The van der Waals surface area contributed by atoms with E-state index in [-0.39, 0.29) is 17.1 Å². The molecule has 0 spiro atoms. The molecule has 134 valence electrons. The fourth-order valence-electron chi connectivity index (χ4n) is 2.29. The predicted molar refractivity (Wildman–Crippen MR) is 82.9 cm³/mol. The molecule has 0 aliphatic rings. The Bertz CT molecular complexity index is 900. The summed E-state index contributed by atoms with van der Waals surface area (Å²) in [5, 5.41) is 0. The molecule has 0 unspecified atom stereocenters. The molecule has 26 heavy (non-hydrogen) atoms. The van der Waals surface area contributed by atoms with Crippen LogP contribution in [0.5, 0.6) is 0 Å². The molecular formula is C18H10F6N2. The van der Waals surface area contributed by atoms with Gasteiger partial charge in [0.05, 0.1) is 11.3 Å². The Kier molecular flexibility index (Phi) is 4.43. The maximum atomic E-state index is 13.2. The first kappa shape index (κ1) is 17.9. The highest BCUT2D eigenvalue weighted by atomic mass is 19.4. The van der Waals surface area contributed by atoms with Crippen LogP contribution in [0.4, 0.5) is 26.3 Å². The topological polar surface area (TPSA) is 25.8 Å². The molecule has 0 amide bonds. The Morgan fingerprint density at radius 2 is 1.23 bits per heavy atom. The molecule has 0 saturated heterocycles. The third kappa shape index (κ3) is 3.84. The summed E-state index contributed by atoms with van der Waals surface area (Å²) >= 11 is 0. The van der Waals surface area contributed by atoms with Gasteiger partial charge in [0.25, 0.3) is 0 Å². The summed E-state index contributed by atoms with van der Waals surface area (Å²) in [6, 6.07) is 12.5. The lowest BCUT2D eigenvalue weighted by atomic mass is 10.1. The monoisotopic (exact) mass is 368 g/mol. The third-order valence-electron chi connectivity index (χ3n) is 3.56. The van der Waals surface area contributed by atoms with E-state index in [0.717, 1.165) is 30.3 Å². The summed E-state index contributed by atoms with van der Waals surface area (Å²) in [6.45, 7) is 0. The number of benzene rings is 2. The van der Waals surface area contributed by atoms with Gasteiger partial charge in [0.2, 0.25) is 0 Å². The second-order valence-corrected chi connectivity index (χ2v) is 5.40. The molecule has 2 nitrogen and oxygen atoms in total. The van der Waals surface area contributed by atoms with Gasteiger partial charge in [-0.05, 0) is 18.2 Å². The summed E-state index contributed by atoms with van der Waals surface area (Å²) in [4.78, 5) is 7.63. The van der Waals surface area contributed by atoms with E-state index < -0.39 is 23.6 Å². The van der Waals surface area contributed by atoms with Crippen molar-refractivity contribution in [2.75, 3.05) is 0 Å². The van der Waals surface area contributed by atoms with Gasteiger partial charge in [0.1, 0.15) is 5.69 Å². The van der Waals surface area contributed by atoms with Crippen molar-refractivity contribution in [1.29, 1.82) is 0 Å². The van der Waals surface area contributed by atoms with Crippen molar-refractivity contribution in [2.45, 2.75) is 12.4 Å². The van der Waals surface area contributed by atoms with Gasteiger partial charge in [-0.2, -0.15) is 26.3 Å². The van der Waals surface area contributed by atoms with E-state index in [9.17, 15) is 26.3 Å². The zero-order chi connectivity index (χ0) is 18.9. The lowest BCUT2D eigenvalue weighted by Gasteiger charge is -2.12. The van der Waals surface area contributed by atoms with E-state index >= 15 is 0 Å². The lowest BCUT2D eigenvalue weighted by molar-refractivity contribution is -0.141. The van der Waals surface area contributed by atoms with Crippen LogP contribution in [-0.2, 0) is 12.4 Å². The quantitative estimate of drug-likeness (QED) is 0.531. The molecule has 2 aromatic carbocycles. The van der Waals surface area contributed by atoms with Crippen molar-refractivity contribution < 1.29 is 26.3 Å². The second kappa shape index (κ2) is 6.44. The maximum absolute atomic E-state index is 13.2. The third-order valence-corrected chi connectivity index (χ3v) is 3.56. The van der Waals surface area contributed by atoms with E-state index in [4.69, 9.17) is 0 Å². The Morgan fingerprint density at radius 3 is 1.77 bits per heavy atom. The second-order valence-electron chi connectivity index (χ2n) is 5.40. The highest BCUT2D eigenvalue weighted by Crippen LogP contribution is 2.34. The van der Waals surface area contributed by atoms with Crippen molar-refractivity contribution in [3.05, 3.63) is 71.9 Å². The molecule has 8 heteroatoms. The minimum absolute atomic E-state index is 0.111. The predicted octanol–water partition coefficient (Wildman–Crippen LogP) is 5.85. The minimum Gasteiger partial charge on any atom is -0.228 e. The number of nitrogens with zero attached hydrogens (tertiary/aromatic N) is 2. The first-order valence-corrected chi connectivity index (χ1v) is 7.34. The molecule has 0 fully saturated rings. The molecule has 0 aliphatic carbocycles. The number of hydrogen-bond donors (Lipinski definition) is 0. The number of hydrogen-bond acceptors (Lipinski definition) is 2. The van der Waals surface area contributed by atoms with Gasteiger partial charge in [-0.3, -0.25) is 0 Å². The van der Waals surface area contributed by atoms with Crippen molar-refractivity contribution in [2.24, 2.45) is 0 Å². The lowest BCUT2D eigenvalue weighted by Crippen LogP contribution is -2.10. The molecular weight excluding hydrogens is 358 g/mol. The molecule has 1 aromatic heterocycles. The minimum atomic E-state index is -4.72. The SMILES string of the molecule is FC(F)(F)c1ccc(-c2cc(C(F)(F)F)nc(-c3ccccc3)n2)cc1. The molecule has 0 saturated carbocycles. The van der Waals surface area contributed by atoms with Gasteiger partial charge < -0.3 is 0 Å². The molecule has 3 rings (SSSR count). The number of aromatic nitrogens is 2. The van der Waals surface area contributed by atoms with E-state index in [2.05, 4.69) is 9.97 Å². The van der Waals surface area contributed by atoms with Crippen molar-refractivity contribution >= 4 is 0 Å². The van der Waals surface area contributed by atoms with Crippen molar-refractivity contribution in [3.63, 3.8) is 0 Å². The molecule has 0 bridgehead atoms. The van der Waals surface area contributed by atoms with E-state index in [1.54, 1.807) is 30.3 Å². The molecule has 0 N–H and O–H groups in total. The standard InChI is InChI=1S/C18H10F6N2/c19-17(20,21)13-8-6-11(7-9-13)14-10-15(18(22,23)24)26-16(25-14)12-4-2-1-3-5-12/h1-10H. The van der Waals surface area contributed by atoms with Crippen LogP contribution in [0.2, 0.25) is 0 Å². The van der Waals surface area contributed by atoms with Crippen LogP contribution in [0.15, 0.2) is 60.7 Å². The fourth-order valence-corrected chi connectivity index (χ4v) is 2.29. The average molecular weight is 368 g/mol. The first-order chi connectivity index (χ1) is 12.1. The molecule has 1 heterocycles. The highest BCUT2D eigenvalue weighted by molar-refractivity contribution is 5.64. The molecule has 0 radical (unpaired) electrons. The van der Waals surface area contributed by atoms with Crippen LogP contribution in [0, 0.1) is 0 Å². The van der Waals surface area contributed by atoms with E-state index in [0.29, 0.717) is 5.56 Å². The van der Waals surface area contributed by atoms with Crippen LogP contribution in [-0.4, -0.2) is 9.97 Å². The Balaban J connectivity index is 2.12. The van der Waals surface area contributed by atoms with Gasteiger partial charge in [-0.1, -0.05) is 42.5 Å². The molecule has 3 aromatic rings. The van der Waals surface area contributed by atoms with Crippen LogP contribution in [0.3, 0.4) is 0 Å². The summed E-state index contributed by atoms with van der Waals surface area (Å²) < 4.78 is 77.4. The van der Waals surface area contributed by atoms with Gasteiger partial charge in [-0.25, -0.2) is 9.97 Å². The number of alkyl halides is 6. The molecule has 0 aliphatic heterocycles. The Morgan fingerprint density at radius 1 is 0.615 bits per heavy atom. The zero-order valence-electron chi connectivity index (χ0n) is 12.9. The average Bonchev–Trinajstić information content (AvgIpc) is 2.61. The summed E-state index contributed by atoms with van der Waals surface area (Å²) in [5.41, 5.74) is -1.68. The van der Waals surface area contributed by atoms with Crippen molar-refractivity contribution in [1.82, 2.24) is 9.97 Å². The molecule has 0 atom stereocenters. The van der Waals surface area contributed by atoms with Gasteiger partial charge in [-0.15, -0.1) is 0 Å². The van der Waals surface area contributed by atoms with Gasteiger partial charge in [0.15, 0.2) is 5.82 Å². The van der Waals surface area contributed by atoms with Crippen LogP contribution in [0.25, 0.3) is 22.6 Å². The summed E-state index contributed by atoms with van der Waals surface area (Å²) in [7, 11) is 0. The largest absolute Gasteiger partial charge is 0.433 e. The van der Waals surface area contributed by atoms with E-state index in [1.165, 1.54) is 0 Å². The van der Waals surface area contributed by atoms with Crippen LogP contribution in [0.1, 0.15) is 11.3 Å². The number of halogens is 6. The fraction of sp³-hybridized carbons (Fsp3) is 0.111. The van der Waals surface area contributed by atoms with Gasteiger partial charge >= 0.3 is 12.4 Å². The zero-order valence-corrected chi connectivity index (χ0v) is 12.9.